The van der Waals surface area contributed by atoms with E-state index in [4.69, 9.17) is 4.74 Å². The van der Waals surface area contributed by atoms with E-state index in [2.05, 4.69) is 48.3 Å². The third kappa shape index (κ3) is 2.81. The fourth-order valence-electron chi connectivity index (χ4n) is 8.79. The van der Waals surface area contributed by atoms with Gasteiger partial charge in [0.1, 0.15) is 6.10 Å². The van der Waals surface area contributed by atoms with E-state index in [1.807, 2.05) is 31.4 Å². The van der Waals surface area contributed by atoms with Gasteiger partial charge in [0, 0.05) is 23.8 Å². The Kier molecular flexibility index (Phi) is 4.60. The summed E-state index contributed by atoms with van der Waals surface area (Å²) in [5.74, 6) is 0.937. The lowest BCUT2D eigenvalue weighted by atomic mass is 9.58. The topological polar surface area (TPSA) is 65.8 Å². The van der Waals surface area contributed by atoms with Gasteiger partial charge in [-0.25, -0.2) is 0 Å². The molecule has 0 amide bonds. The lowest BCUT2D eigenvalue weighted by Crippen LogP contribution is -2.61. The third-order valence-corrected chi connectivity index (χ3v) is 10.6. The number of likely N-dealkylation sites (N-methyl/N-ethyl adjacent to an activating group) is 1. The van der Waals surface area contributed by atoms with Crippen LogP contribution in [0.3, 0.4) is 0 Å². The Bertz CT molecular complexity index is 1270. The molecule has 1 saturated heterocycles. The van der Waals surface area contributed by atoms with Crippen LogP contribution in [0, 0.1) is 11.3 Å². The number of fused-ring (bicyclic) bond motifs is 2. The average Bonchev–Trinajstić information content (AvgIpc) is 3.37. The van der Waals surface area contributed by atoms with Crippen LogP contribution in [0.4, 0.5) is 0 Å². The van der Waals surface area contributed by atoms with Crippen molar-refractivity contribution in [2.75, 3.05) is 14.1 Å². The molecule has 0 unspecified atom stereocenters. The number of pyridine rings is 1. The standard InChI is InChI=1S/C30H36N2O3/c1-28-10-8-21-15-23-26(33)27(34)24(32(2)3)16-29(23)11-12-30(21,35-29)25(28)7-6-22(28)19-5-4-18-9-13-31-17-20(18)14-19/h4-5,8-9,13-15,17,22,24-27,33-34H,6-7,10-12,16H2,1-3H3/t22-,24+,25-,26+,27-,28-,29-,30-/m1/s1. The first kappa shape index (κ1) is 22.2. The molecule has 2 bridgehead atoms. The van der Waals surface area contributed by atoms with Crippen LogP contribution in [0.5, 0.6) is 0 Å². The van der Waals surface area contributed by atoms with Crippen LogP contribution in [-0.2, 0) is 4.74 Å². The van der Waals surface area contributed by atoms with Crippen molar-refractivity contribution in [3.8, 4) is 0 Å². The summed E-state index contributed by atoms with van der Waals surface area (Å²) in [6.45, 7) is 2.49. The first-order chi connectivity index (χ1) is 16.8. The normalized spacial score (nSPS) is 44.0. The van der Waals surface area contributed by atoms with Crippen LogP contribution in [0.15, 0.2) is 60.0 Å². The Balaban J connectivity index is 1.29. The van der Waals surface area contributed by atoms with Gasteiger partial charge in [0.25, 0.3) is 0 Å². The molecule has 5 heteroatoms. The Labute approximate surface area is 207 Å². The molecule has 35 heavy (non-hydrogen) atoms. The van der Waals surface area contributed by atoms with Crippen LogP contribution < -0.4 is 0 Å². The summed E-state index contributed by atoms with van der Waals surface area (Å²) in [4.78, 5) is 6.40. The average molecular weight is 473 g/mol. The number of rotatable bonds is 2. The number of aromatic nitrogens is 1. The maximum atomic E-state index is 11.2. The molecule has 2 spiro atoms. The molecule has 1 aromatic carbocycles. The summed E-state index contributed by atoms with van der Waals surface area (Å²) in [5, 5.41) is 24.5. The van der Waals surface area contributed by atoms with E-state index in [1.165, 1.54) is 28.3 Å². The van der Waals surface area contributed by atoms with Crippen molar-refractivity contribution >= 4 is 10.8 Å². The van der Waals surface area contributed by atoms with Crippen molar-refractivity contribution in [1.29, 1.82) is 0 Å². The Morgan fingerprint density at radius 2 is 1.94 bits per heavy atom. The lowest BCUT2D eigenvalue weighted by Gasteiger charge is -2.56. The van der Waals surface area contributed by atoms with E-state index in [9.17, 15) is 10.2 Å². The zero-order valence-electron chi connectivity index (χ0n) is 20.9. The number of aliphatic hydroxyl groups excluding tert-OH is 2. The second-order valence-electron chi connectivity index (χ2n) is 12.3. The highest BCUT2D eigenvalue weighted by Gasteiger charge is 2.68. The van der Waals surface area contributed by atoms with Crippen LogP contribution >= 0.6 is 0 Å². The molecule has 8 atom stereocenters. The predicted molar refractivity (Wildman–Crippen MR) is 136 cm³/mol. The molecule has 3 fully saturated rings. The van der Waals surface area contributed by atoms with Crippen molar-refractivity contribution < 1.29 is 14.9 Å². The van der Waals surface area contributed by atoms with Crippen LogP contribution in [0.1, 0.15) is 56.9 Å². The van der Waals surface area contributed by atoms with Gasteiger partial charge in [0.2, 0.25) is 0 Å². The van der Waals surface area contributed by atoms with Gasteiger partial charge in [-0.15, -0.1) is 0 Å². The molecule has 2 saturated carbocycles. The second-order valence-corrected chi connectivity index (χ2v) is 12.3. The van der Waals surface area contributed by atoms with E-state index < -0.39 is 17.8 Å². The maximum Gasteiger partial charge on any atom is 0.105 e. The highest BCUT2D eigenvalue weighted by atomic mass is 16.5. The van der Waals surface area contributed by atoms with Crippen LogP contribution in [0.25, 0.3) is 10.8 Å². The number of nitrogens with zero attached hydrogens (tertiary/aromatic N) is 2. The number of hydrogen-bond donors (Lipinski definition) is 2. The van der Waals surface area contributed by atoms with Crippen molar-refractivity contribution in [2.45, 2.75) is 80.8 Å². The molecule has 0 radical (unpaired) electrons. The third-order valence-electron chi connectivity index (χ3n) is 10.6. The van der Waals surface area contributed by atoms with Gasteiger partial charge >= 0.3 is 0 Å². The molecular formula is C30H36N2O3. The van der Waals surface area contributed by atoms with Gasteiger partial charge < -0.3 is 19.8 Å². The van der Waals surface area contributed by atoms with E-state index in [1.54, 1.807) is 0 Å². The summed E-state index contributed by atoms with van der Waals surface area (Å²) >= 11 is 0. The molecule has 1 aromatic heterocycles. The SMILES string of the molecule is CN(C)[C@H]1C[C@@]23CC[C@@]4(O2)C(=CC[C@]2(C)[C@@H](c5ccc6ccncc6c5)CC[C@H]24)C=C3[C@H](O)[C@@H]1O. The Hall–Kier alpha value is -2.05. The minimum atomic E-state index is -0.871. The van der Waals surface area contributed by atoms with Gasteiger partial charge in [-0.05, 0) is 104 Å². The molecule has 2 aliphatic heterocycles. The second kappa shape index (κ2) is 7.25. The first-order valence-corrected chi connectivity index (χ1v) is 13.3. The summed E-state index contributed by atoms with van der Waals surface area (Å²) in [7, 11) is 3.98. The number of aliphatic hydroxyl groups is 2. The molecule has 7 rings (SSSR count). The van der Waals surface area contributed by atoms with Crippen LogP contribution in [-0.4, -0.2) is 63.6 Å². The smallest absolute Gasteiger partial charge is 0.105 e. The molecule has 3 heterocycles. The van der Waals surface area contributed by atoms with E-state index >= 15 is 0 Å². The summed E-state index contributed by atoms with van der Waals surface area (Å²) in [6.07, 6.45) is 12.8. The predicted octanol–water partition coefficient (Wildman–Crippen LogP) is 4.35. The van der Waals surface area contributed by atoms with Crippen molar-refractivity contribution in [3.63, 3.8) is 0 Å². The van der Waals surface area contributed by atoms with E-state index in [0.29, 0.717) is 11.8 Å². The molecular weight excluding hydrogens is 436 g/mol. The minimum Gasteiger partial charge on any atom is -0.388 e. The molecule has 2 N–H and O–H groups in total. The van der Waals surface area contributed by atoms with Crippen molar-refractivity contribution in [1.82, 2.24) is 9.88 Å². The Morgan fingerprint density at radius 3 is 2.77 bits per heavy atom. The zero-order valence-corrected chi connectivity index (χ0v) is 20.9. The van der Waals surface area contributed by atoms with Gasteiger partial charge in [-0.1, -0.05) is 31.2 Å². The Morgan fingerprint density at radius 1 is 1.09 bits per heavy atom. The number of benzene rings is 1. The van der Waals surface area contributed by atoms with Gasteiger partial charge in [0.15, 0.2) is 0 Å². The fourth-order valence-corrected chi connectivity index (χ4v) is 8.79. The summed E-state index contributed by atoms with van der Waals surface area (Å²) < 4.78 is 7.27. The van der Waals surface area contributed by atoms with Gasteiger partial charge in [0.05, 0.1) is 17.3 Å². The summed E-state index contributed by atoms with van der Waals surface area (Å²) in [6, 6.07) is 8.90. The lowest BCUT2D eigenvalue weighted by molar-refractivity contribution is -0.165. The number of ether oxygens (including phenoxy) is 1. The number of hydrogen-bond acceptors (Lipinski definition) is 5. The molecule has 184 valence electrons. The minimum absolute atomic E-state index is 0.111. The van der Waals surface area contributed by atoms with E-state index in [0.717, 1.165) is 37.7 Å². The van der Waals surface area contributed by atoms with E-state index in [-0.39, 0.29) is 17.1 Å². The van der Waals surface area contributed by atoms with Crippen molar-refractivity contribution in [3.05, 3.63) is 65.5 Å². The number of allylic oxidation sites excluding steroid dienone is 1. The first-order valence-electron chi connectivity index (χ1n) is 13.3. The molecule has 3 aliphatic carbocycles. The van der Waals surface area contributed by atoms with Crippen LogP contribution in [0.2, 0.25) is 0 Å². The zero-order chi connectivity index (χ0) is 24.2. The largest absolute Gasteiger partial charge is 0.388 e. The maximum absolute atomic E-state index is 11.2. The van der Waals surface area contributed by atoms with Gasteiger partial charge in [-0.2, -0.15) is 0 Å². The molecule has 2 aromatic rings. The fraction of sp³-hybridized carbons (Fsp3) is 0.567. The highest BCUT2D eigenvalue weighted by Crippen LogP contribution is 2.69. The quantitative estimate of drug-likeness (QED) is 0.680. The monoisotopic (exact) mass is 472 g/mol. The summed E-state index contributed by atoms with van der Waals surface area (Å²) in [5.41, 5.74) is 2.97. The molecule has 5 aliphatic rings. The van der Waals surface area contributed by atoms with Gasteiger partial charge in [-0.3, -0.25) is 4.98 Å². The van der Waals surface area contributed by atoms with Crippen molar-refractivity contribution in [2.24, 2.45) is 11.3 Å². The highest BCUT2D eigenvalue weighted by molar-refractivity contribution is 5.82. The molecule has 5 nitrogen and oxygen atoms in total.